The number of carbonyl (C=O) groups excluding carboxylic acids is 1. The highest BCUT2D eigenvalue weighted by Crippen LogP contribution is 2.27. The highest BCUT2D eigenvalue weighted by Gasteiger charge is 2.30. The van der Waals surface area contributed by atoms with E-state index in [0.29, 0.717) is 6.61 Å². The van der Waals surface area contributed by atoms with Crippen LogP contribution in [0.1, 0.15) is 32.5 Å². The number of rotatable bonds is 4. The van der Waals surface area contributed by atoms with Gasteiger partial charge in [0.2, 0.25) is 0 Å². The molecule has 19 heavy (non-hydrogen) atoms. The molecule has 5 heteroatoms. The molecule has 2 rings (SSSR count). The molecule has 0 bridgehead atoms. The number of hydrogen-bond acceptors (Lipinski definition) is 4. The molecule has 0 aromatic carbocycles. The molecule has 0 aliphatic heterocycles. The molecule has 0 fully saturated rings. The molecule has 0 N–H and O–H groups in total. The Morgan fingerprint density at radius 2 is 2.21 bits per heavy atom. The first-order chi connectivity index (χ1) is 9.06. The first-order valence-corrected chi connectivity index (χ1v) is 6.49. The fourth-order valence-electron chi connectivity index (χ4n) is 2.26. The fraction of sp³-hybridized carbons (Fsp3) is 0.500. The van der Waals surface area contributed by atoms with Gasteiger partial charge in [-0.05, 0) is 18.9 Å². The predicted octanol–water partition coefficient (Wildman–Crippen LogP) is 2.27. The minimum atomic E-state index is -0.350. The molecule has 2 heterocycles. The minimum Gasteiger partial charge on any atom is -0.465 e. The summed E-state index contributed by atoms with van der Waals surface area (Å²) in [6, 6.07) is 1.90. The van der Waals surface area contributed by atoms with Crippen LogP contribution in [0.2, 0.25) is 0 Å². The van der Waals surface area contributed by atoms with E-state index in [1.165, 1.54) is 0 Å². The number of fused-ring (bicyclic) bond motifs is 1. The van der Waals surface area contributed by atoms with Crippen molar-refractivity contribution in [3.8, 4) is 0 Å². The Hall–Kier alpha value is -1.91. The summed E-state index contributed by atoms with van der Waals surface area (Å²) in [5.41, 5.74) is 1.77. The average Bonchev–Trinajstić information content (AvgIpc) is 2.68. The van der Waals surface area contributed by atoms with E-state index in [4.69, 9.17) is 4.74 Å². The molecule has 2 aromatic rings. The van der Waals surface area contributed by atoms with Crippen LogP contribution in [0.25, 0.3) is 11.0 Å². The van der Waals surface area contributed by atoms with Crippen molar-refractivity contribution in [2.24, 2.45) is 13.0 Å². The minimum absolute atomic E-state index is 0.127. The molecule has 0 amide bonds. The largest absolute Gasteiger partial charge is 0.465 e. The van der Waals surface area contributed by atoms with Gasteiger partial charge in [-0.3, -0.25) is 9.78 Å². The van der Waals surface area contributed by atoms with E-state index in [-0.39, 0.29) is 17.8 Å². The van der Waals surface area contributed by atoms with Crippen LogP contribution in [0.5, 0.6) is 0 Å². The maximum atomic E-state index is 12.1. The predicted molar refractivity (Wildman–Crippen MR) is 72.7 cm³/mol. The molecule has 0 saturated heterocycles. The van der Waals surface area contributed by atoms with E-state index in [0.717, 1.165) is 16.9 Å². The lowest BCUT2D eigenvalue weighted by atomic mass is 9.95. The third-order valence-electron chi connectivity index (χ3n) is 3.20. The standard InChI is InChI=1S/C14H19N3O2/c1-5-19-14(18)12(9(2)3)13-16-10-8-15-7-6-11(10)17(13)4/h6-9,12H,5H2,1-4H3. The molecular formula is C14H19N3O2. The molecule has 0 aliphatic carbocycles. The van der Waals surface area contributed by atoms with Crippen molar-refractivity contribution >= 4 is 17.0 Å². The second-order valence-corrected chi connectivity index (χ2v) is 4.87. The van der Waals surface area contributed by atoms with Crippen molar-refractivity contribution in [3.05, 3.63) is 24.3 Å². The molecule has 1 unspecified atom stereocenters. The van der Waals surface area contributed by atoms with Gasteiger partial charge >= 0.3 is 5.97 Å². The van der Waals surface area contributed by atoms with E-state index in [1.807, 2.05) is 38.5 Å². The summed E-state index contributed by atoms with van der Waals surface area (Å²) in [6.07, 6.45) is 3.43. The van der Waals surface area contributed by atoms with Crippen LogP contribution in [0.15, 0.2) is 18.5 Å². The molecule has 0 saturated carbocycles. The van der Waals surface area contributed by atoms with Crippen LogP contribution >= 0.6 is 0 Å². The first-order valence-electron chi connectivity index (χ1n) is 6.49. The Kier molecular flexibility index (Phi) is 3.83. The van der Waals surface area contributed by atoms with Gasteiger partial charge in [0.25, 0.3) is 0 Å². The van der Waals surface area contributed by atoms with Gasteiger partial charge in [-0.15, -0.1) is 0 Å². The number of pyridine rings is 1. The van der Waals surface area contributed by atoms with Gasteiger partial charge in [-0.1, -0.05) is 13.8 Å². The molecule has 0 aliphatic rings. The SMILES string of the molecule is CCOC(=O)C(c1nc2cnccc2n1C)C(C)C. The van der Waals surface area contributed by atoms with Gasteiger partial charge in [-0.25, -0.2) is 4.98 Å². The highest BCUT2D eigenvalue weighted by molar-refractivity contribution is 5.81. The number of carbonyl (C=O) groups is 1. The van der Waals surface area contributed by atoms with E-state index in [1.54, 1.807) is 12.4 Å². The van der Waals surface area contributed by atoms with Crippen molar-refractivity contribution in [1.29, 1.82) is 0 Å². The summed E-state index contributed by atoms with van der Waals surface area (Å²) >= 11 is 0. The van der Waals surface area contributed by atoms with Gasteiger partial charge < -0.3 is 9.30 Å². The summed E-state index contributed by atoms with van der Waals surface area (Å²) in [7, 11) is 1.92. The number of esters is 1. The summed E-state index contributed by atoms with van der Waals surface area (Å²) in [5, 5.41) is 0. The number of imidazole rings is 1. The summed E-state index contributed by atoms with van der Waals surface area (Å²) < 4.78 is 7.11. The Bertz CT molecular complexity index is 589. The van der Waals surface area contributed by atoms with Crippen LogP contribution in [0, 0.1) is 5.92 Å². The topological polar surface area (TPSA) is 57.0 Å². The smallest absolute Gasteiger partial charge is 0.316 e. The number of ether oxygens (including phenoxy) is 1. The number of hydrogen-bond donors (Lipinski definition) is 0. The Labute approximate surface area is 112 Å². The van der Waals surface area contributed by atoms with Gasteiger partial charge in [0.15, 0.2) is 0 Å². The molecule has 2 aromatic heterocycles. The zero-order chi connectivity index (χ0) is 14.0. The Balaban J connectivity index is 2.50. The lowest BCUT2D eigenvalue weighted by molar-refractivity contribution is -0.146. The first kappa shape index (κ1) is 13.5. The zero-order valence-electron chi connectivity index (χ0n) is 11.8. The maximum absolute atomic E-state index is 12.1. The number of aryl methyl sites for hydroxylation is 1. The summed E-state index contributed by atoms with van der Waals surface area (Å²) in [4.78, 5) is 20.7. The average molecular weight is 261 g/mol. The van der Waals surface area contributed by atoms with Gasteiger partial charge in [0, 0.05) is 13.2 Å². The van der Waals surface area contributed by atoms with Crippen LogP contribution in [-0.4, -0.2) is 27.1 Å². The third-order valence-corrected chi connectivity index (χ3v) is 3.20. The van der Waals surface area contributed by atoms with Gasteiger partial charge in [0.1, 0.15) is 17.3 Å². The second-order valence-electron chi connectivity index (χ2n) is 4.87. The molecule has 1 atom stereocenters. The van der Waals surface area contributed by atoms with E-state index >= 15 is 0 Å². The maximum Gasteiger partial charge on any atom is 0.316 e. The summed E-state index contributed by atoms with van der Waals surface area (Å²) in [5.74, 6) is 0.292. The van der Waals surface area contributed by atoms with Crippen LogP contribution in [0.3, 0.4) is 0 Å². The van der Waals surface area contributed by atoms with Crippen molar-refractivity contribution in [2.75, 3.05) is 6.61 Å². The van der Waals surface area contributed by atoms with E-state index < -0.39 is 0 Å². The monoisotopic (exact) mass is 261 g/mol. The second kappa shape index (κ2) is 5.38. The Morgan fingerprint density at radius 1 is 1.47 bits per heavy atom. The normalized spacial score (nSPS) is 12.9. The molecule has 102 valence electrons. The number of aromatic nitrogens is 3. The van der Waals surface area contributed by atoms with Crippen molar-refractivity contribution in [1.82, 2.24) is 14.5 Å². The highest BCUT2D eigenvalue weighted by atomic mass is 16.5. The zero-order valence-corrected chi connectivity index (χ0v) is 11.8. The van der Waals surface area contributed by atoms with E-state index in [9.17, 15) is 4.79 Å². The number of nitrogens with zero attached hydrogens (tertiary/aromatic N) is 3. The molecular weight excluding hydrogens is 242 g/mol. The van der Waals surface area contributed by atoms with Gasteiger partial charge in [-0.2, -0.15) is 0 Å². The van der Waals surface area contributed by atoms with Crippen molar-refractivity contribution in [3.63, 3.8) is 0 Å². The molecule has 0 radical (unpaired) electrons. The van der Waals surface area contributed by atoms with Crippen LogP contribution in [-0.2, 0) is 16.6 Å². The quantitative estimate of drug-likeness (QED) is 0.792. The summed E-state index contributed by atoms with van der Waals surface area (Å²) in [6.45, 7) is 6.19. The Morgan fingerprint density at radius 3 is 2.79 bits per heavy atom. The van der Waals surface area contributed by atoms with Crippen molar-refractivity contribution < 1.29 is 9.53 Å². The third kappa shape index (κ3) is 2.45. The lowest BCUT2D eigenvalue weighted by Gasteiger charge is -2.18. The van der Waals surface area contributed by atoms with E-state index in [2.05, 4.69) is 9.97 Å². The molecule has 5 nitrogen and oxygen atoms in total. The van der Waals surface area contributed by atoms with Crippen LogP contribution < -0.4 is 0 Å². The molecule has 0 spiro atoms. The van der Waals surface area contributed by atoms with Crippen LogP contribution in [0.4, 0.5) is 0 Å². The lowest BCUT2D eigenvalue weighted by Crippen LogP contribution is -2.23. The van der Waals surface area contributed by atoms with Gasteiger partial charge in [0.05, 0.1) is 18.3 Å². The fourth-order valence-corrected chi connectivity index (χ4v) is 2.26. The van der Waals surface area contributed by atoms with Crippen molar-refractivity contribution in [2.45, 2.75) is 26.7 Å².